The summed E-state index contributed by atoms with van der Waals surface area (Å²) >= 11 is 0. The molecule has 1 aliphatic carbocycles. The number of carbonyl (C=O) groups is 3. The fraction of sp³-hybridized carbons (Fsp3) is 0.273. The number of amides is 1. The van der Waals surface area contributed by atoms with Gasteiger partial charge in [-0.15, -0.1) is 0 Å². The van der Waals surface area contributed by atoms with E-state index in [1.807, 2.05) is 0 Å². The van der Waals surface area contributed by atoms with Gasteiger partial charge < -0.3 is 10.1 Å². The second-order valence-corrected chi connectivity index (χ2v) is 6.95. The first kappa shape index (κ1) is 19.3. The van der Waals surface area contributed by atoms with E-state index in [0.29, 0.717) is 5.56 Å². The van der Waals surface area contributed by atoms with Crippen LogP contribution in [0.4, 0.5) is 0 Å². The van der Waals surface area contributed by atoms with Gasteiger partial charge in [-0.25, -0.2) is 4.79 Å². The number of esters is 1. The topological polar surface area (TPSA) is 96.3 Å². The Morgan fingerprint density at radius 1 is 1.07 bits per heavy atom. The Morgan fingerprint density at radius 2 is 1.68 bits per heavy atom. The highest BCUT2D eigenvalue weighted by Gasteiger charge is 2.43. The van der Waals surface area contributed by atoms with Crippen LogP contribution < -0.4 is 5.32 Å². The van der Waals surface area contributed by atoms with E-state index in [1.165, 1.54) is 6.07 Å². The quantitative estimate of drug-likeness (QED) is 0.592. The number of hydrogen-bond acceptors (Lipinski definition) is 5. The molecule has 1 saturated carbocycles. The number of nitriles is 1. The van der Waals surface area contributed by atoms with E-state index >= 15 is 0 Å². The van der Waals surface area contributed by atoms with Crippen molar-refractivity contribution in [2.45, 2.75) is 25.3 Å². The van der Waals surface area contributed by atoms with Gasteiger partial charge >= 0.3 is 5.97 Å². The minimum Gasteiger partial charge on any atom is -0.452 e. The fourth-order valence-corrected chi connectivity index (χ4v) is 3.02. The molecule has 2 aromatic rings. The third-order valence-corrected chi connectivity index (χ3v) is 4.79. The van der Waals surface area contributed by atoms with Crippen molar-refractivity contribution in [2.24, 2.45) is 5.92 Å². The first-order valence-corrected chi connectivity index (χ1v) is 9.03. The van der Waals surface area contributed by atoms with Crippen molar-refractivity contribution in [3.05, 3.63) is 71.3 Å². The summed E-state index contributed by atoms with van der Waals surface area (Å²) in [6.45, 7) is 1.15. The Morgan fingerprint density at radius 3 is 2.29 bits per heavy atom. The molecular weight excluding hydrogens is 356 g/mol. The zero-order valence-electron chi connectivity index (χ0n) is 15.5. The summed E-state index contributed by atoms with van der Waals surface area (Å²) in [4.78, 5) is 37.3. The molecule has 1 aliphatic rings. The lowest BCUT2D eigenvalue weighted by atomic mass is 9.98. The molecule has 142 valence electrons. The molecule has 0 saturated heterocycles. The molecule has 1 amide bonds. The number of ether oxygens (including phenoxy) is 1. The normalized spacial score (nSPS) is 15.0. The summed E-state index contributed by atoms with van der Waals surface area (Å²) in [6, 6.07) is 17.0. The van der Waals surface area contributed by atoms with Gasteiger partial charge in [0.2, 0.25) is 0 Å². The van der Waals surface area contributed by atoms with E-state index in [2.05, 4.69) is 11.4 Å². The van der Waals surface area contributed by atoms with Crippen LogP contribution in [0.15, 0.2) is 54.6 Å². The Labute approximate surface area is 163 Å². The van der Waals surface area contributed by atoms with Gasteiger partial charge in [-0.1, -0.05) is 48.5 Å². The summed E-state index contributed by atoms with van der Waals surface area (Å²) in [6.07, 6.45) is 1.78. The molecule has 1 atom stereocenters. The lowest BCUT2D eigenvalue weighted by Gasteiger charge is -2.22. The van der Waals surface area contributed by atoms with Crippen LogP contribution in [0.2, 0.25) is 0 Å². The largest absolute Gasteiger partial charge is 0.452 e. The SMILES string of the molecule is C[C@@](C#N)(NC(=O)COC(=O)c1ccccc1C(=O)c1ccccc1)C1CC1. The molecule has 1 N–H and O–H groups in total. The standard InChI is InChI=1S/C22H20N2O4/c1-22(14-23,16-11-12-16)24-19(25)13-28-21(27)18-10-6-5-9-17(18)20(26)15-7-3-2-4-8-15/h2-10,16H,11-13H2,1H3,(H,24,25)/t22-/m0/s1. The number of nitrogens with one attached hydrogen (secondary N) is 1. The Balaban J connectivity index is 1.67. The van der Waals surface area contributed by atoms with E-state index in [-0.39, 0.29) is 22.8 Å². The molecule has 0 spiro atoms. The van der Waals surface area contributed by atoms with Gasteiger partial charge in [-0.2, -0.15) is 5.26 Å². The predicted octanol–water partition coefficient (Wildman–Crippen LogP) is 2.88. The van der Waals surface area contributed by atoms with Crippen LogP contribution in [0.3, 0.4) is 0 Å². The predicted molar refractivity (Wildman–Crippen MR) is 101 cm³/mol. The first-order valence-electron chi connectivity index (χ1n) is 9.03. The molecule has 0 unspecified atom stereocenters. The van der Waals surface area contributed by atoms with Crippen LogP contribution >= 0.6 is 0 Å². The van der Waals surface area contributed by atoms with Crippen molar-refractivity contribution in [1.82, 2.24) is 5.32 Å². The van der Waals surface area contributed by atoms with Crippen molar-refractivity contribution < 1.29 is 19.1 Å². The highest BCUT2D eigenvalue weighted by Crippen LogP contribution is 2.39. The molecule has 0 heterocycles. The summed E-state index contributed by atoms with van der Waals surface area (Å²) in [7, 11) is 0. The summed E-state index contributed by atoms with van der Waals surface area (Å²) in [5.41, 5.74) is -0.201. The van der Waals surface area contributed by atoms with Gasteiger partial charge in [0.05, 0.1) is 11.6 Å². The molecule has 0 aromatic heterocycles. The lowest BCUT2D eigenvalue weighted by Crippen LogP contribution is -2.48. The minimum absolute atomic E-state index is 0.0920. The molecule has 0 radical (unpaired) electrons. The Bertz CT molecular complexity index is 945. The summed E-state index contributed by atoms with van der Waals surface area (Å²) in [5.74, 6) is -1.49. The second-order valence-electron chi connectivity index (χ2n) is 6.95. The Hall–Kier alpha value is -3.46. The molecule has 1 fully saturated rings. The van der Waals surface area contributed by atoms with E-state index in [0.717, 1.165) is 12.8 Å². The number of benzene rings is 2. The third kappa shape index (κ3) is 4.26. The average Bonchev–Trinajstić information content (AvgIpc) is 3.58. The second kappa shape index (κ2) is 8.05. The maximum atomic E-state index is 12.7. The van der Waals surface area contributed by atoms with Gasteiger partial charge in [0.15, 0.2) is 12.4 Å². The highest BCUT2D eigenvalue weighted by molar-refractivity contribution is 6.14. The van der Waals surface area contributed by atoms with Crippen LogP contribution in [-0.4, -0.2) is 29.8 Å². The van der Waals surface area contributed by atoms with E-state index in [1.54, 1.807) is 55.5 Å². The van der Waals surface area contributed by atoms with Gasteiger partial charge in [0.25, 0.3) is 5.91 Å². The third-order valence-electron chi connectivity index (χ3n) is 4.79. The minimum atomic E-state index is -0.954. The van der Waals surface area contributed by atoms with Crippen molar-refractivity contribution in [3.63, 3.8) is 0 Å². The average molecular weight is 376 g/mol. The molecule has 6 nitrogen and oxygen atoms in total. The molecule has 28 heavy (non-hydrogen) atoms. The van der Waals surface area contributed by atoms with Crippen LogP contribution in [0.1, 0.15) is 46.0 Å². The molecule has 2 aromatic carbocycles. The number of hydrogen-bond donors (Lipinski definition) is 1. The molecule has 0 bridgehead atoms. The zero-order valence-corrected chi connectivity index (χ0v) is 15.5. The highest BCUT2D eigenvalue weighted by atomic mass is 16.5. The first-order chi connectivity index (χ1) is 13.4. The maximum Gasteiger partial charge on any atom is 0.339 e. The number of ketones is 1. The number of rotatable bonds is 7. The van der Waals surface area contributed by atoms with Crippen molar-refractivity contribution in [1.29, 1.82) is 5.26 Å². The fourth-order valence-electron chi connectivity index (χ4n) is 3.02. The van der Waals surface area contributed by atoms with Crippen molar-refractivity contribution in [2.75, 3.05) is 6.61 Å². The molecular formula is C22H20N2O4. The van der Waals surface area contributed by atoms with Gasteiger partial charge in [-0.3, -0.25) is 9.59 Å². The van der Waals surface area contributed by atoms with Crippen molar-refractivity contribution >= 4 is 17.7 Å². The maximum absolute atomic E-state index is 12.7. The van der Waals surface area contributed by atoms with E-state index in [9.17, 15) is 19.6 Å². The summed E-state index contributed by atoms with van der Waals surface area (Å²) < 4.78 is 5.09. The van der Waals surface area contributed by atoms with Gasteiger partial charge in [0, 0.05) is 11.1 Å². The van der Waals surface area contributed by atoms with Crippen LogP contribution in [0.25, 0.3) is 0 Å². The van der Waals surface area contributed by atoms with E-state index in [4.69, 9.17) is 4.74 Å². The Kier molecular flexibility index (Phi) is 5.55. The summed E-state index contributed by atoms with van der Waals surface area (Å²) in [5, 5.41) is 11.9. The number of nitrogens with zero attached hydrogens (tertiary/aromatic N) is 1. The lowest BCUT2D eigenvalue weighted by molar-refractivity contribution is -0.125. The molecule has 0 aliphatic heterocycles. The monoisotopic (exact) mass is 376 g/mol. The van der Waals surface area contributed by atoms with Gasteiger partial charge in [-0.05, 0) is 31.7 Å². The van der Waals surface area contributed by atoms with Gasteiger partial charge in [0.1, 0.15) is 5.54 Å². The van der Waals surface area contributed by atoms with Crippen LogP contribution in [0.5, 0.6) is 0 Å². The smallest absolute Gasteiger partial charge is 0.339 e. The van der Waals surface area contributed by atoms with Crippen LogP contribution in [-0.2, 0) is 9.53 Å². The number of carbonyl (C=O) groups excluding carboxylic acids is 3. The van der Waals surface area contributed by atoms with Crippen molar-refractivity contribution in [3.8, 4) is 6.07 Å². The zero-order chi connectivity index (χ0) is 20.1. The van der Waals surface area contributed by atoms with Crippen LogP contribution in [0, 0.1) is 17.2 Å². The molecule has 3 rings (SSSR count). The molecule has 6 heteroatoms. The van der Waals surface area contributed by atoms with E-state index < -0.39 is 24.0 Å².